The van der Waals surface area contributed by atoms with E-state index in [1.54, 1.807) is 13.0 Å². The molecule has 0 atom stereocenters. The van der Waals surface area contributed by atoms with Crippen LogP contribution in [0.15, 0.2) is 17.2 Å². The molecule has 8 nitrogen and oxygen atoms in total. The Morgan fingerprint density at radius 1 is 1.46 bits per heavy atom. The summed E-state index contributed by atoms with van der Waals surface area (Å²) >= 11 is 1.49. The molecule has 1 aromatic heterocycles. The van der Waals surface area contributed by atoms with E-state index in [9.17, 15) is 10.1 Å². The molecule has 0 aliphatic carbocycles. The Balaban J connectivity index is 2.28. The van der Waals surface area contributed by atoms with Gasteiger partial charge in [-0.2, -0.15) is 5.10 Å². The molecule has 0 spiro atoms. The van der Waals surface area contributed by atoms with Crippen LogP contribution in [0.5, 0.6) is 11.5 Å². The van der Waals surface area contributed by atoms with Crippen molar-refractivity contribution in [3.05, 3.63) is 38.4 Å². The van der Waals surface area contributed by atoms with E-state index >= 15 is 0 Å². The first-order chi connectivity index (χ1) is 11.5. The number of nitrogens with zero attached hydrogens (tertiary/aromatic N) is 3. The van der Waals surface area contributed by atoms with E-state index < -0.39 is 4.92 Å². The van der Waals surface area contributed by atoms with Gasteiger partial charge in [0.1, 0.15) is 0 Å². The number of aryl methyl sites for hydroxylation is 2. The normalized spacial score (nSPS) is 10.8. The van der Waals surface area contributed by atoms with Gasteiger partial charge in [0.2, 0.25) is 10.9 Å². The second-order valence-electron chi connectivity index (χ2n) is 4.79. The third kappa shape index (κ3) is 3.99. The monoisotopic (exact) mass is 350 g/mol. The minimum absolute atomic E-state index is 0.0955. The lowest BCUT2D eigenvalue weighted by molar-refractivity contribution is -0.385. The fourth-order valence-electron chi connectivity index (χ4n) is 1.97. The second-order valence-corrected chi connectivity index (χ2v) is 6.00. The molecule has 0 fully saturated rings. The first kappa shape index (κ1) is 17.7. The summed E-state index contributed by atoms with van der Waals surface area (Å²) in [5.74, 6) is 0.398. The largest absolute Gasteiger partial charge is 0.490 e. The molecule has 1 N–H and O–H groups in total. The van der Waals surface area contributed by atoms with Crippen LogP contribution in [0.1, 0.15) is 23.1 Å². The molecular formula is C15H18N4O4S. The number of nitro benzene ring substituents is 1. The van der Waals surface area contributed by atoms with Gasteiger partial charge in [-0.15, -0.1) is 11.3 Å². The number of aromatic nitrogens is 1. The first-order valence-corrected chi connectivity index (χ1v) is 8.00. The molecule has 9 heteroatoms. The van der Waals surface area contributed by atoms with Gasteiger partial charge in [-0.3, -0.25) is 15.5 Å². The number of nitrogens with one attached hydrogen (secondary N) is 1. The number of hydrogen-bond acceptors (Lipinski definition) is 8. The molecule has 0 aliphatic heterocycles. The third-order valence-corrected chi connectivity index (χ3v) is 4.14. The predicted molar refractivity (Wildman–Crippen MR) is 93.6 cm³/mol. The molecule has 1 heterocycles. The summed E-state index contributed by atoms with van der Waals surface area (Å²) in [6.45, 7) is 6.05. The summed E-state index contributed by atoms with van der Waals surface area (Å²) in [5, 5.41) is 16.0. The number of rotatable bonds is 7. The highest BCUT2D eigenvalue weighted by Gasteiger charge is 2.21. The lowest BCUT2D eigenvalue weighted by atomic mass is 10.2. The third-order valence-electron chi connectivity index (χ3n) is 3.16. The highest BCUT2D eigenvalue weighted by Crippen LogP contribution is 2.37. The predicted octanol–water partition coefficient (Wildman–Crippen LogP) is 3.52. The van der Waals surface area contributed by atoms with E-state index in [4.69, 9.17) is 9.47 Å². The molecule has 0 unspecified atom stereocenters. The van der Waals surface area contributed by atoms with E-state index in [1.807, 2.05) is 13.8 Å². The fourth-order valence-corrected chi connectivity index (χ4v) is 2.73. The lowest BCUT2D eigenvalue weighted by Crippen LogP contribution is -2.01. The molecule has 0 saturated heterocycles. The van der Waals surface area contributed by atoms with E-state index in [0.717, 1.165) is 10.6 Å². The lowest BCUT2D eigenvalue weighted by Gasteiger charge is -2.10. The van der Waals surface area contributed by atoms with Crippen LogP contribution in [0.25, 0.3) is 0 Å². The Kier molecular flexibility index (Phi) is 5.69. The molecular weight excluding hydrogens is 332 g/mol. The standard InChI is InChI=1S/C15H18N4O4S/c1-5-23-13-7-11(6-12(19(20)21)14(13)22-4)8-16-18-15-17-9(2)10(3)24-15/h6-8H,5H2,1-4H3,(H,17,18)/b16-8-. The topological polar surface area (TPSA) is 98.9 Å². The van der Waals surface area contributed by atoms with Crippen LogP contribution in [-0.2, 0) is 0 Å². The van der Waals surface area contributed by atoms with Crippen LogP contribution in [0.3, 0.4) is 0 Å². The van der Waals surface area contributed by atoms with Crippen molar-refractivity contribution in [1.82, 2.24) is 4.98 Å². The molecule has 0 amide bonds. The van der Waals surface area contributed by atoms with Gasteiger partial charge in [0.05, 0.1) is 30.5 Å². The second kappa shape index (κ2) is 7.73. The smallest absolute Gasteiger partial charge is 0.315 e. The summed E-state index contributed by atoms with van der Waals surface area (Å²) in [5.41, 5.74) is 4.10. The number of anilines is 1. The van der Waals surface area contributed by atoms with Crippen molar-refractivity contribution in [1.29, 1.82) is 0 Å². The molecule has 1 aromatic carbocycles. The molecule has 0 saturated carbocycles. The van der Waals surface area contributed by atoms with Crippen molar-refractivity contribution < 1.29 is 14.4 Å². The molecule has 0 bridgehead atoms. The van der Waals surface area contributed by atoms with Gasteiger partial charge < -0.3 is 9.47 Å². The minimum atomic E-state index is -0.514. The number of thiazole rings is 1. The molecule has 128 valence electrons. The maximum atomic E-state index is 11.2. The van der Waals surface area contributed by atoms with Crippen LogP contribution in [0, 0.1) is 24.0 Å². The number of methoxy groups -OCH3 is 1. The van der Waals surface area contributed by atoms with Crippen molar-refractivity contribution in [3.8, 4) is 11.5 Å². The quantitative estimate of drug-likeness (QED) is 0.466. The Labute approximate surface area is 143 Å². The van der Waals surface area contributed by atoms with Crippen molar-refractivity contribution in [2.45, 2.75) is 20.8 Å². The van der Waals surface area contributed by atoms with Gasteiger partial charge in [-0.25, -0.2) is 4.98 Å². The molecule has 0 aliphatic rings. The maximum absolute atomic E-state index is 11.2. The van der Waals surface area contributed by atoms with Crippen LogP contribution in [0.4, 0.5) is 10.8 Å². The van der Waals surface area contributed by atoms with Gasteiger partial charge in [0.15, 0.2) is 5.75 Å². The summed E-state index contributed by atoms with van der Waals surface area (Å²) in [7, 11) is 1.37. The first-order valence-electron chi connectivity index (χ1n) is 7.18. The average Bonchev–Trinajstić information content (AvgIpc) is 2.85. The maximum Gasteiger partial charge on any atom is 0.315 e. The van der Waals surface area contributed by atoms with Crippen molar-refractivity contribution in [2.75, 3.05) is 19.1 Å². The van der Waals surface area contributed by atoms with Crippen molar-refractivity contribution in [2.24, 2.45) is 5.10 Å². The van der Waals surface area contributed by atoms with Crippen molar-refractivity contribution in [3.63, 3.8) is 0 Å². The molecule has 2 rings (SSSR count). The summed E-state index contributed by atoms with van der Waals surface area (Å²) in [6, 6.07) is 3.02. The minimum Gasteiger partial charge on any atom is -0.490 e. The molecule has 24 heavy (non-hydrogen) atoms. The number of ether oxygens (including phenoxy) is 2. The van der Waals surface area contributed by atoms with Crippen LogP contribution >= 0.6 is 11.3 Å². The van der Waals surface area contributed by atoms with Crippen LogP contribution in [0.2, 0.25) is 0 Å². The van der Waals surface area contributed by atoms with Gasteiger partial charge >= 0.3 is 5.69 Å². The molecule has 2 aromatic rings. The Morgan fingerprint density at radius 3 is 2.75 bits per heavy atom. The van der Waals surface area contributed by atoms with Gasteiger partial charge in [-0.1, -0.05) is 0 Å². The van der Waals surface area contributed by atoms with Crippen LogP contribution in [-0.4, -0.2) is 29.8 Å². The summed E-state index contributed by atoms with van der Waals surface area (Å²) < 4.78 is 10.5. The highest BCUT2D eigenvalue weighted by molar-refractivity contribution is 7.15. The summed E-state index contributed by atoms with van der Waals surface area (Å²) in [6.07, 6.45) is 1.47. The van der Waals surface area contributed by atoms with E-state index in [1.165, 1.54) is 30.7 Å². The number of hydrazone groups is 1. The Hall–Kier alpha value is -2.68. The average molecular weight is 350 g/mol. The van der Waals surface area contributed by atoms with Gasteiger partial charge in [-0.05, 0) is 26.8 Å². The Bertz CT molecular complexity index is 754. The zero-order chi connectivity index (χ0) is 17.7. The Morgan fingerprint density at radius 2 is 2.21 bits per heavy atom. The number of hydrogen-bond donors (Lipinski definition) is 1. The van der Waals surface area contributed by atoms with E-state index in [2.05, 4.69) is 15.5 Å². The van der Waals surface area contributed by atoms with E-state index in [-0.39, 0.29) is 11.4 Å². The van der Waals surface area contributed by atoms with Crippen molar-refractivity contribution >= 4 is 28.4 Å². The van der Waals surface area contributed by atoms with E-state index in [0.29, 0.717) is 23.1 Å². The van der Waals surface area contributed by atoms with Gasteiger partial charge in [0, 0.05) is 16.5 Å². The zero-order valence-electron chi connectivity index (χ0n) is 13.8. The van der Waals surface area contributed by atoms with Gasteiger partial charge in [0.25, 0.3) is 0 Å². The zero-order valence-corrected chi connectivity index (χ0v) is 14.6. The SMILES string of the molecule is CCOc1cc(/C=N\Nc2nc(C)c(C)s2)cc([N+](=O)[O-])c1OC. The fraction of sp³-hybridized carbons (Fsp3) is 0.333. The number of nitro groups is 1. The highest BCUT2D eigenvalue weighted by atomic mass is 32.1. The number of benzene rings is 1. The summed E-state index contributed by atoms with van der Waals surface area (Å²) in [4.78, 5) is 16.1. The molecule has 0 radical (unpaired) electrons. The van der Waals surface area contributed by atoms with Crippen LogP contribution < -0.4 is 14.9 Å².